The van der Waals surface area contributed by atoms with Gasteiger partial charge < -0.3 is 4.74 Å². The maximum Gasteiger partial charge on any atom is 0.214 e. The van der Waals surface area contributed by atoms with Gasteiger partial charge in [0.25, 0.3) is 0 Å². The Labute approximate surface area is 119 Å². The van der Waals surface area contributed by atoms with Crippen LogP contribution >= 0.6 is 0 Å². The first-order valence-corrected chi connectivity index (χ1v) is 8.11. The standard InChI is InChI=1S/C14H18N2O3S/c1-16-20(17,18)14-6-7-19-10-13(14)8-11-4-2-3-5-12(11)9-15/h2-5,13-14,16H,6-8,10H2,1H3. The van der Waals surface area contributed by atoms with Crippen molar-refractivity contribution in [3.05, 3.63) is 35.4 Å². The molecule has 1 saturated heterocycles. The summed E-state index contributed by atoms with van der Waals surface area (Å²) >= 11 is 0. The van der Waals surface area contributed by atoms with Crippen molar-refractivity contribution in [3.8, 4) is 6.07 Å². The van der Waals surface area contributed by atoms with Gasteiger partial charge in [0.05, 0.1) is 23.5 Å². The predicted octanol–water partition coefficient (Wildman–Crippen LogP) is 1.06. The molecule has 1 heterocycles. The first-order valence-electron chi connectivity index (χ1n) is 6.56. The number of benzene rings is 1. The molecule has 0 amide bonds. The van der Waals surface area contributed by atoms with Crippen LogP contribution < -0.4 is 4.72 Å². The van der Waals surface area contributed by atoms with E-state index in [2.05, 4.69) is 10.8 Å². The van der Waals surface area contributed by atoms with E-state index in [4.69, 9.17) is 10.00 Å². The molecule has 5 nitrogen and oxygen atoms in total. The normalized spacial score (nSPS) is 23.2. The number of hydrogen-bond donors (Lipinski definition) is 1. The van der Waals surface area contributed by atoms with Gasteiger partial charge in [-0.1, -0.05) is 18.2 Å². The SMILES string of the molecule is CNS(=O)(=O)C1CCOCC1Cc1ccccc1C#N. The summed E-state index contributed by atoms with van der Waals surface area (Å²) in [5.41, 5.74) is 1.47. The number of hydrogen-bond acceptors (Lipinski definition) is 4. The molecule has 0 aromatic heterocycles. The van der Waals surface area contributed by atoms with E-state index in [-0.39, 0.29) is 5.92 Å². The first-order chi connectivity index (χ1) is 9.58. The number of nitriles is 1. The van der Waals surface area contributed by atoms with Crippen LogP contribution in [0.4, 0.5) is 0 Å². The fourth-order valence-corrected chi connectivity index (χ4v) is 4.01. The highest BCUT2D eigenvalue weighted by atomic mass is 32.2. The lowest BCUT2D eigenvalue weighted by molar-refractivity contribution is 0.0570. The fraction of sp³-hybridized carbons (Fsp3) is 0.500. The summed E-state index contributed by atoms with van der Waals surface area (Å²) in [6.45, 7) is 0.868. The Bertz CT molecular complexity index is 607. The van der Waals surface area contributed by atoms with E-state index in [1.807, 2.05) is 12.1 Å². The summed E-state index contributed by atoms with van der Waals surface area (Å²) < 4.78 is 32.0. The number of nitrogens with one attached hydrogen (secondary N) is 1. The molecule has 2 unspecified atom stereocenters. The number of rotatable bonds is 4. The third-order valence-electron chi connectivity index (χ3n) is 3.71. The van der Waals surface area contributed by atoms with Crippen LogP contribution in [-0.4, -0.2) is 33.9 Å². The van der Waals surface area contributed by atoms with Crippen molar-refractivity contribution < 1.29 is 13.2 Å². The van der Waals surface area contributed by atoms with Crippen molar-refractivity contribution in [2.45, 2.75) is 18.1 Å². The van der Waals surface area contributed by atoms with Crippen molar-refractivity contribution in [3.63, 3.8) is 0 Å². The van der Waals surface area contributed by atoms with Gasteiger partial charge >= 0.3 is 0 Å². The third-order valence-corrected chi connectivity index (χ3v) is 5.69. The molecule has 108 valence electrons. The van der Waals surface area contributed by atoms with Crippen LogP contribution in [0.5, 0.6) is 0 Å². The maximum atomic E-state index is 12.1. The maximum absolute atomic E-state index is 12.1. The van der Waals surface area contributed by atoms with E-state index in [0.29, 0.717) is 31.6 Å². The Kier molecular flexibility index (Phi) is 4.76. The summed E-state index contributed by atoms with van der Waals surface area (Å²) in [6, 6.07) is 9.44. The summed E-state index contributed by atoms with van der Waals surface area (Å²) in [4.78, 5) is 0. The molecule has 1 aromatic rings. The lowest BCUT2D eigenvalue weighted by atomic mass is 9.91. The van der Waals surface area contributed by atoms with Crippen LogP contribution in [0.25, 0.3) is 0 Å². The molecule has 1 N–H and O–H groups in total. The topological polar surface area (TPSA) is 79.2 Å². The smallest absolute Gasteiger partial charge is 0.214 e. The van der Waals surface area contributed by atoms with Crippen LogP contribution in [0, 0.1) is 17.2 Å². The Hall–Kier alpha value is -1.42. The first kappa shape index (κ1) is 15.0. The molecule has 1 aromatic carbocycles. The van der Waals surface area contributed by atoms with Gasteiger partial charge in [-0.2, -0.15) is 5.26 Å². The van der Waals surface area contributed by atoms with Crippen molar-refractivity contribution in [1.29, 1.82) is 5.26 Å². The Morgan fingerprint density at radius 2 is 2.20 bits per heavy atom. The molecule has 2 atom stereocenters. The molecular formula is C14H18N2O3S. The third kappa shape index (κ3) is 3.18. The minimum atomic E-state index is -3.32. The predicted molar refractivity (Wildman–Crippen MR) is 75.6 cm³/mol. The highest BCUT2D eigenvalue weighted by Crippen LogP contribution is 2.26. The fourth-order valence-electron chi connectivity index (χ4n) is 2.62. The molecular weight excluding hydrogens is 276 g/mol. The molecule has 1 fully saturated rings. The Morgan fingerprint density at radius 3 is 2.90 bits per heavy atom. The molecule has 0 radical (unpaired) electrons. The van der Waals surface area contributed by atoms with Crippen molar-refractivity contribution >= 4 is 10.0 Å². The van der Waals surface area contributed by atoms with Crippen LogP contribution in [0.2, 0.25) is 0 Å². The van der Waals surface area contributed by atoms with Crippen LogP contribution in [0.15, 0.2) is 24.3 Å². The van der Waals surface area contributed by atoms with Crippen LogP contribution in [-0.2, 0) is 21.2 Å². The molecule has 0 bridgehead atoms. The second kappa shape index (κ2) is 6.35. The van der Waals surface area contributed by atoms with Gasteiger partial charge in [0.1, 0.15) is 0 Å². The van der Waals surface area contributed by atoms with Gasteiger partial charge in [0.2, 0.25) is 10.0 Å². The molecule has 1 aliphatic rings. The average Bonchev–Trinajstić information content (AvgIpc) is 2.48. The number of nitrogens with zero attached hydrogens (tertiary/aromatic N) is 1. The highest BCUT2D eigenvalue weighted by Gasteiger charge is 2.35. The second-order valence-electron chi connectivity index (χ2n) is 4.88. The van der Waals surface area contributed by atoms with E-state index >= 15 is 0 Å². The zero-order chi connectivity index (χ0) is 14.6. The van der Waals surface area contributed by atoms with Gasteiger partial charge in [0.15, 0.2) is 0 Å². The van der Waals surface area contributed by atoms with Gasteiger partial charge in [0, 0.05) is 12.5 Å². The van der Waals surface area contributed by atoms with Crippen molar-refractivity contribution in [2.75, 3.05) is 20.3 Å². The molecule has 2 rings (SSSR count). The summed E-state index contributed by atoms with van der Waals surface area (Å²) in [5, 5.41) is 8.64. The minimum Gasteiger partial charge on any atom is -0.381 e. The van der Waals surface area contributed by atoms with E-state index in [1.165, 1.54) is 7.05 Å². The van der Waals surface area contributed by atoms with Crippen molar-refractivity contribution in [2.24, 2.45) is 5.92 Å². The lowest BCUT2D eigenvalue weighted by Gasteiger charge is -2.31. The molecule has 0 saturated carbocycles. The summed E-state index contributed by atoms with van der Waals surface area (Å²) in [6.07, 6.45) is 1.03. The van der Waals surface area contributed by atoms with Gasteiger partial charge in [-0.3, -0.25) is 0 Å². The van der Waals surface area contributed by atoms with Gasteiger partial charge in [-0.15, -0.1) is 0 Å². The molecule has 20 heavy (non-hydrogen) atoms. The van der Waals surface area contributed by atoms with Crippen molar-refractivity contribution in [1.82, 2.24) is 4.72 Å². The zero-order valence-corrected chi connectivity index (χ0v) is 12.2. The lowest BCUT2D eigenvalue weighted by Crippen LogP contribution is -2.43. The number of ether oxygens (including phenoxy) is 1. The van der Waals surface area contributed by atoms with Crippen LogP contribution in [0.1, 0.15) is 17.5 Å². The molecule has 0 aliphatic carbocycles. The van der Waals surface area contributed by atoms with E-state index < -0.39 is 15.3 Å². The van der Waals surface area contributed by atoms with E-state index in [1.54, 1.807) is 12.1 Å². The largest absolute Gasteiger partial charge is 0.381 e. The quantitative estimate of drug-likeness (QED) is 0.900. The summed E-state index contributed by atoms with van der Waals surface area (Å²) in [5.74, 6) is -0.129. The highest BCUT2D eigenvalue weighted by molar-refractivity contribution is 7.90. The average molecular weight is 294 g/mol. The molecule has 0 spiro atoms. The monoisotopic (exact) mass is 294 g/mol. The van der Waals surface area contributed by atoms with Gasteiger partial charge in [-0.05, 0) is 31.5 Å². The molecule has 6 heteroatoms. The van der Waals surface area contributed by atoms with E-state index in [0.717, 1.165) is 5.56 Å². The van der Waals surface area contributed by atoms with Crippen LogP contribution in [0.3, 0.4) is 0 Å². The second-order valence-corrected chi connectivity index (χ2v) is 6.99. The Balaban J connectivity index is 2.24. The zero-order valence-electron chi connectivity index (χ0n) is 11.4. The minimum absolute atomic E-state index is 0.129. The number of sulfonamides is 1. The summed E-state index contributed by atoms with van der Waals surface area (Å²) in [7, 11) is -1.89. The van der Waals surface area contributed by atoms with Gasteiger partial charge in [-0.25, -0.2) is 13.1 Å². The molecule has 1 aliphatic heterocycles. The Morgan fingerprint density at radius 1 is 1.45 bits per heavy atom. The van der Waals surface area contributed by atoms with E-state index in [9.17, 15) is 8.42 Å².